The predicted molar refractivity (Wildman–Crippen MR) is 90.2 cm³/mol. The molecule has 1 aromatic carbocycles. The number of anilines is 1. The lowest BCUT2D eigenvalue weighted by Gasteiger charge is -2.43. The molecule has 3 atom stereocenters. The fourth-order valence-electron chi connectivity index (χ4n) is 5.41. The number of carbonyl (C=O) groups is 2. The molecule has 1 heterocycles. The summed E-state index contributed by atoms with van der Waals surface area (Å²) in [5, 5.41) is 0. The van der Waals surface area contributed by atoms with Gasteiger partial charge in [-0.25, -0.2) is 4.39 Å². The smallest absolute Gasteiger partial charge is 0.241 e. The quantitative estimate of drug-likeness (QED) is 0.733. The molecule has 0 aromatic heterocycles. The van der Waals surface area contributed by atoms with Crippen molar-refractivity contribution in [2.45, 2.75) is 58.9 Å². The van der Waals surface area contributed by atoms with Gasteiger partial charge >= 0.3 is 0 Å². The number of ketones is 1. The first-order chi connectivity index (χ1) is 11.3. The van der Waals surface area contributed by atoms with Gasteiger partial charge in [0.15, 0.2) is 0 Å². The molecular formula is C20H24FNO2. The molecular weight excluding hydrogens is 305 g/mol. The molecule has 24 heavy (non-hydrogen) atoms. The number of halogens is 1. The summed E-state index contributed by atoms with van der Waals surface area (Å²) in [5.41, 5.74) is 0.470. The Bertz CT molecular complexity index is 741. The van der Waals surface area contributed by atoms with Gasteiger partial charge in [-0.2, -0.15) is 0 Å². The van der Waals surface area contributed by atoms with E-state index in [1.54, 1.807) is 11.0 Å². The number of benzene rings is 1. The number of carbonyl (C=O) groups excluding carboxylic acids is 2. The van der Waals surface area contributed by atoms with E-state index in [1.165, 1.54) is 12.1 Å². The summed E-state index contributed by atoms with van der Waals surface area (Å²) < 4.78 is 13.6. The van der Waals surface area contributed by atoms with Crippen molar-refractivity contribution in [3.05, 3.63) is 29.6 Å². The molecule has 0 unspecified atom stereocenters. The molecule has 2 saturated carbocycles. The second kappa shape index (κ2) is 4.90. The third-order valence-electron chi connectivity index (χ3n) is 7.05. The highest BCUT2D eigenvalue weighted by molar-refractivity contribution is 6.15. The van der Waals surface area contributed by atoms with Gasteiger partial charge in [-0.05, 0) is 67.7 Å². The molecule has 0 radical (unpaired) electrons. The van der Waals surface area contributed by atoms with E-state index >= 15 is 0 Å². The van der Waals surface area contributed by atoms with Gasteiger partial charge in [0.2, 0.25) is 5.91 Å². The molecule has 1 aliphatic heterocycles. The highest BCUT2D eigenvalue weighted by atomic mass is 19.1. The summed E-state index contributed by atoms with van der Waals surface area (Å²) in [7, 11) is 0. The van der Waals surface area contributed by atoms with Crippen LogP contribution in [0, 0.1) is 22.6 Å². The second-order valence-corrected chi connectivity index (χ2v) is 8.33. The molecule has 128 valence electrons. The van der Waals surface area contributed by atoms with Crippen LogP contribution >= 0.6 is 0 Å². The van der Waals surface area contributed by atoms with Crippen LogP contribution in [0.4, 0.5) is 10.1 Å². The van der Waals surface area contributed by atoms with Crippen molar-refractivity contribution < 1.29 is 14.0 Å². The third-order valence-corrected chi connectivity index (χ3v) is 7.05. The number of hydrogen-bond donors (Lipinski definition) is 0. The van der Waals surface area contributed by atoms with E-state index in [2.05, 4.69) is 13.8 Å². The Morgan fingerprint density at radius 3 is 2.67 bits per heavy atom. The van der Waals surface area contributed by atoms with E-state index in [0.29, 0.717) is 18.8 Å². The van der Waals surface area contributed by atoms with E-state index in [4.69, 9.17) is 0 Å². The minimum absolute atomic E-state index is 0.0353. The Hall–Kier alpha value is -1.71. The van der Waals surface area contributed by atoms with Gasteiger partial charge in [0.05, 0.1) is 0 Å². The third kappa shape index (κ3) is 1.77. The number of amides is 1. The Balaban J connectivity index is 1.82. The molecule has 3 nitrogen and oxygen atoms in total. The van der Waals surface area contributed by atoms with Crippen LogP contribution in [0.3, 0.4) is 0 Å². The average Bonchev–Trinajstić information content (AvgIpc) is 2.89. The maximum Gasteiger partial charge on any atom is 0.241 e. The van der Waals surface area contributed by atoms with Crippen LogP contribution in [0.15, 0.2) is 18.2 Å². The molecule has 4 rings (SSSR count). The largest absolute Gasteiger partial charge is 0.308 e. The van der Waals surface area contributed by atoms with Crippen LogP contribution in [0.5, 0.6) is 0 Å². The van der Waals surface area contributed by atoms with Crippen molar-refractivity contribution in [1.82, 2.24) is 0 Å². The van der Waals surface area contributed by atoms with E-state index in [0.717, 1.165) is 30.5 Å². The van der Waals surface area contributed by atoms with E-state index in [9.17, 15) is 14.0 Å². The fourth-order valence-corrected chi connectivity index (χ4v) is 5.41. The standard InChI is InChI=1S/C20H24FNO2/c1-12-4-5-13-10-15(21)6-7-16(13)22(12)18(24)20-9-8-14(11-17(20)23)19(20,2)3/h6-7,10,12,14H,4-5,8-9,11H2,1-3H3/t12-,14-,20+/m1/s1. The van der Waals surface area contributed by atoms with E-state index in [-0.39, 0.29) is 29.0 Å². The number of Topliss-reactive ketones (excluding diaryl/α,β-unsaturated/α-hetero) is 1. The summed E-state index contributed by atoms with van der Waals surface area (Å²) in [4.78, 5) is 28.3. The van der Waals surface area contributed by atoms with Crippen LogP contribution in [0.1, 0.15) is 52.0 Å². The number of aryl methyl sites for hydroxylation is 1. The Morgan fingerprint density at radius 2 is 2.04 bits per heavy atom. The number of nitrogens with zero attached hydrogens (tertiary/aromatic N) is 1. The lowest BCUT2D eigenvalue weighted by molar-refractivity contribution is -0.143. The van der Waals surface area contributed by atoms with Gasteiger partial charge in [0.1, 0.15) is 17.0 Å². The maximum absolute atomic E-state index is 13.7. The molecule has 3 aliphatic rings. The normalized spacial score (nSPS) is 33.7. The van der Waals surface area contributed by atoms with Crippen molar-refractivity contribution in [2.75, 3.05) is 4.90 Å². The number of rotatable bonds is 1. The highest BCUT2D eigenvalue weighted by Crippen LogP contribution is 2.64. The highest BCUT2D eigenvalue weighted by Gasteiger charge is 2.69. The Morgan fingerprint density at radius 1 is 1.29 bits per heavy atom. The van der Waals surface area contributed by atoms with Crippen molar-refractivity contribution in [3.63, 3.8) is 0 Å². The van der Waals surface area contributed by atoms with Gasteiger partial charge in [-0.1, -0.05) is 13.8 Å². The van der Waals surface area contributed by atoms with Crippen molar-refractivity contribution in [1.29, 1.82) is 0 Å². The predicted octanol–water partition coefficient (Wildman–Crippen LogP) is 3.89. The lowest BCUT2D eigenvalue weighted by Crippen LogP contribution is -2.55. The molecule has 0 spiro atoms. The SMILES string of the molecule is C[C@@H]1CCc2cc(F)ccc2N1C(=O)[C@]12CC[C@H](CC1=O)C2(C)C. The number of fused-ring (bicyclic) bond motifs is 3. The summed E-state index contributed by atoms with van der Waals surface area (Å²) in [6, 6.07) is 4.67. The molecule has 4 heteroatoms. The van der Waals surface area contributed by atoms with E-state index < -0.39 is 5.41 Å². The van der Waals surface area contributed by atoms with Gasteiger partial charge in [-0.3, -0.25) is 9.59 Å². The molecule has 0 saturated heterocycles. The van der Waals surface area contributed by atoms with Gasteiger partial charge in [0, 0.05) is 18.2 Å². The molecule has 2 fully saturated rings. The zero-order valence-corrected chi connectivity index (χ0v) is 14.6. The van der Waals surface area contributed by atoms with Crippen molar-refractivity contribution >= 4 is 17.4 Å². The Labute approximate surface area is 142 Å². The van der Waals surface area contributed by atoms with Crippen LogP contribution < -0.4 is 4.90 Å². The topological polar surface area (TPSA) is 37.4 Å². The summed E-state index contributed by atoms with van der Waals surface area (Å²) in [6.45, 7) is 6.18. The van der Waals surface area contributed by atoms with Crippen LogP contribution in [0.25, 0.3) is 0 Å². The molecule has 1 aromatic rings. The molecule has 2 bridgehead atoms. The first-order valence-corrected chi connectivity index (χ1v) is 8.94. The van der Waals surface area contributed by atoms with E-state index in [1.807, 2.05) is 6.92 Å². The summed E-state index contributed by atoms with van der Waals surface area (Å²) in [5.74, 6) is 0.0848. The zero-order valence-electron chi connectivity index (χ0n) is 14.6. The minimum atomic E-state index is -0.894. The first kappa shape index (κ1) is 15.8. The van der Waals surface area contributed by atoms with Crippen LogP contribution in [0.2, 0.25) is 0 Å². The van der Waals surface area contributed by atoms with Crippen LogP contribution in [-0.2, 0) is 16.0 Å². The zero-order chi connectivity index (χ0) is 17.3. The maximum atomic E-state index is 13.7. The van der Waals surface area contributed by atoms with Gasteiger partial charge < -0.3 is 4.90 Å². The molecule has 1 amide bonds. The minimum Gasteiger partial charge on any atom is -0.308 e. The monoisotopic (exact) mass is 329 g/mol. The Kier molecular flexibility index (Phi) is 3.23. The second-order valence-electron chi connectivity index (χ2n) is 8.33. The van der Waals surface area contributed by atoms with Gasteiger partial charge in [-0.15, -0.1) is 0 Å². The summed E-state index contributed by atoms with van der Waals surface area (Å²) >= 11 is 0. The summed E-state index contributed by atoms with van der Waals surface area (Å²) in [6.07, 6.45) is 3.70. The van der Waals surface area contributed by atoms with Crippen LogP contribution in [-0.4, -0.2) is 17.7 Å². The van der Waals surface area contributed by atoms with Gasteiger partial charge in [0.25, 0.3) is 0 Å². The fraction of sp³-hybridized carbons (Fsp3) is 0.600. The average molecular weight is 329 g/mol. The van der Waals surface area contributed by atoms with Crippen molar-refractivity contribution in [2.24, 2.45) is 16.7 Å². The molecule has 0 N–H and O–H groups in total. The first-order valence-electron chi connectivity index (χ1n) is 8.94. The number of hydrogen-bond acceptors (Lipinski definition) is 2. The lowest BCUT2D eigenvalue weighted by atomic mass is 9.67. The molecule has 2 aliphatic carbocycles. The van der Waals surface area contributed by atoms with Crippen molar-refractivity contribution in [3.8, 4) is 0 Å².